The van der Waals surface area contributed by atoms with Crippen LogP contribution in [-0.2, 0) is 9.53 Å². The van der Waals surface area contributed by atoms with Crippen LogP contribution in [-0.4, -0.2) is 31.6 Å². The summed E-state index contributed by atoms with van der Waals surface area (Å²) in [6.07, 6.45) is 0. The number of hydrogen-bond acceptors (Lipinski definition) is 5. The molecule has 0 spiro atoms. The molecule has 1 aromatic carbocycles. The maximum Gasteiger partial charge on any atom is 0.310 e. The molecule has 1 rings (SSSR count). The Bertz CT molecular complexity index is 538. The van der Waals surface area contributed by atoms with E-state index in [0.717, 1.165) is 6.07 Å². The molecule has 1 unspecified atom stereocenters. The van der Waals surface area contributed by atoms with Gasteiger partial charge in [-0.1, -0.05) is 18.5 Å². The summed E-state index contributed by atoms with van der Waals surface area (Å²) in [7, 11) is 2.81. The van der Waals surface area contributed by atoms with Crippen LogP contribution in [0.15, 0.2) is 12.1 Å². The van der Waals surface area contributed by atoms with Gasteiger partial charge in [0.05, 0.1) is 29.0 Å². The third kappa shape index (κ3) is 3.57. The topological polar surface area (TPSA) is 72.7 Å². The minimum absolute atomic E-state index is 0.136. The van der Waals surface area contributed by atoms with Gasteiger partial charge < -0.3 is 9.64 Å². The van der Waals surface area contributed by atoms with E-state index in [1.165, 1.54) is 18.1 Å². The lowest BCUT2D eigenvalue weighted by atomic mass is 10.1. The van der Waals surface area contributed by atoms with Gasteiger partial charge in [-0.25, -0.2) is 4.39 Å². The highest BCUT2D eigenvalue weighted by Crippen LogP contribution is 2.32. The molecule has 0 aliphatic rings. The first-order valence-electron chi connectivity index (χ1n) is 5.70. The summed E-state index contributed by atoms with van der Waals surface area (Å²) in [5.41, 5.74) is -0.274. The van der Waals surface area contributed by atoms with Gasteiger partial charge in [0.2, 0.25) is 0 Å². The summed E-state index contributed by atoms with van der Waals surface area (Å²) < 4.78 is 17.9. The van der Waals surface area contributed by atoms with Crippen molar-refractivity contribution >= 4 is 28.9 Å². The SMILES string of the molecule is COC(=O)C(C)CN(C)c1cc(Cl)c(F)cc1[N+](=O)[O-]. The van der Waals surface area contributed by atoms with Crippen molar-refractivity contribution in [1.82, 2.24) is 0 Å². The van der Waals surface area contributed by atoms with Crippen molar-refractivity contribution in [3.8, 4) is 0 Å². The lowest BCUT2D eigenvalue weighted by Crippen LogP contribution is -2.29. The van der Waals surface area contributed by atoms with E-state index >= 15 is 0 Å². The van der Waals surface area contributed by atoms with Crippen molar-refractivity contribution < 1.29 is 18.8 Å². The molecule has 0 radical (unpaired) electrons. The molecule has 110 valence electrons. The summed E-state index contributed by atoms with van der Waals surface area (Å²) in [6, 6.07) is 1.93. The van der Waals surface area contributed by atoms with E-state index in [2.05, 4.69) is 4.74 Å². The molecule has 0 bridgehead atoms. The Labute approximate surface area is 120 Å². The molecule has 0 N–H and O–H groups in total. The molecule has 1 atom stereocenters. The van der Waals surface area contributed by atoms with Crippen molar-refractivity contribution in [2.75, 3.05) is 25.6 Å². The van der Waals surface area contributed by atoms with Crippen LogP contribution in [0.5, 0.6) is 0 Å². The second-order valence-corrected chi connectivity index (χ2v) is 4.72. The second-order valence-electron chi connectivity index (χ2n) is 4.32. The van der Waals surface area contributed by atoms with Gasteiger partial charge in [0, 0.05) is 13.6 Å². The standard InChI is InChI=1S/C12H14ClFN2O4/c1-7(12(17)20-3)6-15(2)10-4-8(13)9(14)5-11(10)16(18)19/h4-5,7H,6H2,1-3H3. The van der Waals surface area contributed by atoms with Crippen molar-refractivity contribution in [1.29, 1.82) is 0 Å². The average Bonchev–Trinajstić information content (AvgIpc) is 2.39. The number of rotatable bonds is 5. The van der Waals surface area contributed by atoms with Gasteiger partial charge in [-0.2, -0.15) is 0 Å². The van der Waals surface area contributed by atoms with Crippen LogP contribution in [0.2, 0.25) is 5.02 Å². The molecule has 0 heterocycles. The highest BCUT2D eigenvalue weighted by molar-refractivity contribution is 6.31. The van der Waals surface area contributed by atoms with Crippen molar-refractivity contribution in [3.63, 3.8) is 0 Å². The summed E-state index contributed by atoms with van der Waals surface area (Å²) >= 11 is 5.65. The number of ether oxygens (including phenoxy) is 1. The zero-order valence-corrected chi connectivity index (χ0v) is 12.0. The van der Waals surface area contributed by atoms with Gasteiger partial charge in [0.25, 0.3) is 5.69 Å². The summed E-state index contributed by atoms with van der Waals surface area (Å²) in [4.78, 5) is 23.1. The minimum atomic E-state index is -0.864. The van der Waals surface area contributed by atoms with Crippen LogP contribution in [0.1, 0.15) is 6.92 Å². The largest absolute Gasteiger partial charge is 0.469 e. The van der Waals surface area contributed by atoms with Gasteiger partial charge in [0.1, 0.15) is 11.5 Å². The molecular weight excluding hydrogens is 291 g/mol. The molecular formula is C12H14ClFN2O4. The van der Waals surface area contributed by atoms with Gasteiger partial charge >= 0.3 is 5.97 Å². The molecule has 1 aromatic rings. The first-order valence-corrected chi connectivity index (χ1v) is 6.08. The lowest BCUT2D eigenvalue weighted by Gasteiger charge is -2.22. The predicted octanol–water partition coefficient (Wildman–Crippen LogP) is 2.63. The van der Waals surface area contributed by atoms with E-state index in [9.17, 15) is 19.3 Å². The average molecular weight is 305 g/mol. The first kappa shape index (κ1) is 16.2. The van der Waals surface area contributed by atoms with Crippen molar-refractivity contribution in [3.05, 3.63) is 33.1 Å². The van der Waals surface area contributed by atoms with E-state index in [1.54, 1.807) is 14.0 Å². The van der Waals surface area contributed by atoms with E-state index in [4.69, 9.17) is 11.6 Å². The number of nitro groups is 1. The molecule has 6 nitrogen and oxygen atoms in total. The Morgan fingerprint density at radius 3 is 2.70 bits per heavy atom. The number of hydrogen-bond donors (Lipinski definition) is 0. The Morgan fingerprint density at radius 2 is 2.20 bits per heavy atom. The van der Waals surface area contributed by atoms with Crippen molar-refractivity contribution in [2.45, 2.75) is 6.92 Å². The van der Waals surface area contributed by atoms with Crippen molar-refractivity contribution in [2.24, 2.45) is 5.92 Å². The molecule has 0 saturated carbocycles. The Kier molecular flexibility index (Phi) is 5.26. The number of nitrogens with zero attached hydrogens (tertiary/aromatic N) is 2. The number of carbonyl (C=O) groups excluding carboxylic acids is 1. The van der Waals surface area contributed by atoms with Gasteiger partial charge in [-0.05, 0) is 6.07 Å². The molecule has 0 aromatic heterocycles. The highest BCUT2D eigenvalue weighted by Gasteiger charge is 2.23. The number of benzene rings is 1. The van der Waals surface area contributed by atoms with Crippen LogP contribution in [0.4, 0.5) is 15.8 Å². The van der Waals surface area contributed by atoms with Gasteiger partial charge in [-0.3, -0.25) is 14.9 Å². The third-order valence-corrected chi connectivity index (χ3v) is 3.07. The van der Waals surface area contributed by atoms with Crippen LogP contribution >= 0.6 is 11.6 Å². The zero-order valence-electron chi connectivity index (χ0n) is 11.2. The Morgan fingerprint density at radius 1 is 1.60 bits per heavy atom. The first-order chi connectivity index (χ1) is 9.27. The smallest absolute Gasteiger partial charge is 0.310 e. The zero-order chi connectivity index (χ0) is 15.4. The number of carbonyl (C=O) groups is 1. The second kappa shape index (κ2) is 6.51. The lowest BCUT2D eigenvalue weighted by molar-refractivity contribution is -0.384. The molecule has 0 amide bonds. The van der Waals surface area contributed by atoms with E-state index in [-0.39, 0.29) is 17.3 Å². The molecule has 0 aliphatic heterocycles. The summed E-state index contributed by atoms with van der Waals surface area (Å²) in [5, 5.41) is 10.7. The van der Waals surface area contributed by atoms with Gasteiger partial charge in [0.15, 0.2) is 0 Å². The predicted molar refractivity (Wildman–Crippen MR) is 72.5 cm³/mol. The fourth-order valence-corrected chi connectivity index (χ4v) is 1.92. The number of nitro benzene ring substituents is 1. The Balaban J connectivity index is 3.08. The molecule has 20 heavy (non-hydrogen) atoms. The van der Waals surface area contributed by atoms with Crippen LogP contribution in [0.3, 0.4) is 0 Å². The van der Waals surface area contributed by atoms with Crippen LogP contribution in [0.25, 0.3) is 0 Å². The highest BCUT2D eigenvalue weighted by atomic mass is 35.5. The van der Waals surface area contributed by atoms with E-state index in [0.29, 0.717) is 0 Å². The summed E-state index contributed by atoms with van der Waals surface area (Å²) in [6.45, 7) is 1.80. The fourth-order valence-electron chi connectivity index (χ4n) is 1.76. The maximum atomic E-state index is 13.3. The number of esters is 1. The molecule has 0 fully saturated rings. The molecule has 8 heteroatoms. The maximum absolute atomic E-state index is 13.3. The quantitative estimate of drug-likeness (QED) is 0.475. The number of anilines is 1. The van der Waals surface area contributed by atoms with Gasteiger partial charge in [-0.15, -0.1) is 0 Å². The minimum Gasteiger partial charge on any atom is -0.469 e. The number of halogens is 2. The monoisotopic (exact) mass is 304 g/mol. The Hall–Kier alpha value is -1.89. The third-order valence-electron chi connectivity index (χ3n) is 2.78. The summed E-state index contributed by atoms with van der Waals surface area (Å²) in [5.74, 6) is -1.79. The van der Waals surface area contributed by atoms with Crippen LogP contribution < -0.4 is 4.90 Å². The molecule has 0 aliphatic carbocycles. The van der Waals surface area contributed by atoms with Crippen LogP contribution in [0, 0.1) is 21.8 Å². The number of methoxy groups -OCH3 is 1. The molecule has 0 saturated heterocycles. The fraction of sp³-hybridized carbons (Fsp3) is 0.417. The normalized spacial score (nSPS) is 11.8. The van der Waals surface area contributed by atoms with E-state index < -0.39 is 28.3 Å². The van der Waals surface area contributed by atoms with E-state index in [1.807, 2.05) is 0 Å².